The smallest absolute Gasteiger partial charge is 0.282 e. The molecule has 1 aromatic carbocycles. The highest BCUT2D eigenvalue weighted by Crippen LogP contribution is 2.24. The number of piperazine rings is 1. The van der Waals surface area contributed by atoms with Gasteiger partial charge < -0.3 is 4.74 Å². The van der Waals surface area contributed by atoms with Crippen molar-refractivity contribution in [1.29, 1.82) is 0 Å². The van der Waals surface area contributed by atoms with Gasteiger partial charge in [0.15, 0.2) is 0 Å². The first-order valence-electron chi connectivity index (χ1n) is 10.3. The Morgan fingerprint density at radius 1 is 0.967 bits per heavy atom. The van der Waals surface area contributed by atoms with E-state index in [9.17, 15) is 8.42 Å². The summed E-state index contributed by atoms with van der Waals surface area (Å²) in [7, 11) is -3.41. The fourth-order valence-electron chi connectivity index (χ4n) is 3.91. The minimum Gasteiger partial charge on any atom is -0.379 e. The van der Waals surface area contributed by atoms with Crippen molar-refractivity contribution < 1.29 is 13.2 Å². The first-order valence-corrected chi connectivity index (χ1v) is 12.0. The summed E-state index contributed by atoms with van der Waals surface area (Å²) < 4.78 is 35.9. The molecule has 164 valence electrons. The predicted molar refractivity (Wildman–Crippen MR) is 116 cm³/mol. The number of aromatic nitrogens is 2. The lowest BCUT2D eigenvalue weighted by atomic mass is 10.2. The van der Waals surface area contributed by atoms with E-state index in [0.717, 1.165) is 16.8 Å². The van der Waals surface area contributed by atoms with Crippen LogP contribution in [-0.4, -0.2) is 84.2 Å². The molecule has 2 fully saturated rings. The second kappa shape index (κ2) is 9.33. The average Bonchev–Trinajstić information content (AvgIpc) is 3.03. The third-order valence-corrected chi connectivity index (χ3v) is 8.15. The second-order valence-corrected chi connectivity index (χ2v) is 9.98. The van der Waals surface area contributed by atoms with Gasteiger partial charge in [0.05, 0.1) is 25.5 Å². The molecule has 0 radical (unpaired) electrons. The molecule has 0 aliphatic carbocycles. The molecule has 3 heterocycles. The Bertz CT molecular complexity index is 952. The minimum absolute atomic E-state index is 0.429. The van der Waals surface area contributed by atoms with E-state index in [4.69, 9.17) is 16.3 Å². The van der Waals surface area contributed by atoms with Gasteiger partial charge in [0.25, 0.3) is 10.2 Å². The van der Waals surface area contributed by atoms with Gasteiger partial charge in [-0.3, -0.25) is 4.90 Å². The van der Waals surface area contributed by atoms with Crippen molar-refractivity contribution in [1.82, 2.24) is 23.3 Å². The number of nitrogens with zero attached hydrogens (tertiary/aromatic N) is 5. The van der Waals surface area contributed by atoms with Crippen LogP contribution >= 0.6 is 11.6 Å². The molecule has 0 atom stereocenters. The van der Waals surface area contributed by atoms with Crippen molar-refractivity contribution in [3.63, 3.8) is 0 Å². The van der Waals surface area contributed by atoms with E-state index < -0.39 is 10.2 Å². The predicted octanol–water partition coefficient (Wildman–Crippen LogP) is 1.59. The van der Waals surface area contributed by atoms with Crippen LogP contribution in [-0.2, 0) is 28.0 Å². The highest BCUT2D eigenvalue weighted by Gasteiger charge is 2.33. The summed E-state index contributed by atoms with van der Waals surface area (Å²) in [4.78, 5) is 2.24. The summed E-state index contributed by atoms with van der Waals surface area (Å²) >= 11 is 6.65. The normalized spacial score (nSPS) is 19.9. The molecule has 2 aliphatic heterocycles. The van der Waals surface area contributed by atoms with Crippen molar-refractivity contribution in [3.05, 3.63) is 52.3 Å². The molecule has 0 N–H and O–H groups in total. The van der Waals surface area contributed by atoms with E-state index in [1.54, 1.807) is 4.31 Å². The second-order valence-electron chi connectivity index (χ2n) is 7.69. The number of hydrogen-bond donors (Lipinski definition) is 0. The zero-order chi connectivity index (χ0) is 21.1. The van der Waals surface area contributed by atoms with Crippen molar-refractivity contribution in [2.75, 3.05) is 52.5 Å². The molecule has 0 spiro atoms. The molecule has 10 heteroatoms. The van der Waals surface area contributed by atoms with Gasteiger partial charge in [0.2, 0.25) is 0 Å². The topological polar surface area (TPSA) is 70.9 Å². The molecule has 8 nitrogen and oxygen atoms in total. The molecule has 1 aromatic heterocycles. The van der Waals surface area contributed by atoms with Crippen LogP contribution in [0.5, 0.6) is 0 Å². The first-order chi connectivity index (χ1) is 14.4. The fraction of sp³-hybridized carbons (Fsp3) is 0.550. The molecule has 4 rings (SSSR count). The van der Waals surface area contributed by atoms with E-state index in [1.165, 1.54) is 4.31 Å². The Balaban J connectivity index is 1.37. The molecular formula is C20H28ClN5O3S. The zero-order valence-electron chi connectivity index (χ0n) is 17.2. The Labute approximate surface area is 183 Å². The molecular weight excluding hydrogens is 426 g/mol. The fourth-order valence-corrected chi connectivity index (χ4v) is 5.77. The summed E-state index contributed by atoms with van der Waals surface area (Å²) in [5.74, 6) is 0. The summed E-state index contributed by atoms with van der Waals surface area (Å²) in [5.41, 5.74) is 3.08. The Kier molecular flexibility index (Phi) is 6.76. The maximum absolute atomic E-state index is 12.8. The summed E-state index contributed by atoms with van der Waals surface area (Å²) in [6, 6.07) is 10.1. The van der Waals surface area contributed by atoms with Crippen LogP contribution in [0.25, 0.3) is 0 Å². The molecule has 0 bridgehead atoms. The Hall–Kier alpha value is -1.49. The van der Waals surface area contributed by atoms with Crippen LogP contribution in [0.4, 0.5) is 0 Å². The molecule has 0 amide bonds. The van der Waals surface area contributed by atoms with E-state index in [1.807, 2.05) is 29.8 Å². The summed E-state index contributed by atoms with van der Waals surface area (Å²) in [6.07, 6.45) is 0. The lowest BCUT2D eigenvalue weighted by Gasteiger charge is -2.37. The molecule has 30 heavy (non-hydrogen) atoms. The van der Waals surface area contributed by atoms with E-state index in [0.29, 0.717) is 70.7 Å². The van der Waals surface area contributed by atoms with Crippen LogP contribution in [0.2, 0.25) is 5.15 Å². The Morgan fingerprint density at radius 3 is 2.27 bits per heavy atom. The zero-order valence-corrected chi connectivity index (χ0v) is 18.8. The van der Waals surface area contributed by atoms with E-state index in [2.05, 4.69) is 22.1 Å². The number of rotatable bonds is 6. The quantitative estimate of drug-likeness (QED) is 0.664. The van der Waals surface area contributed by atoms with E-state index in [-0.39, 0.29) is 0 Å². The average molecular weight is 454 g/mol. The van der Waals surface area contributed by atoms with Gasteiger partial charge in [-0.05, 0) is 12.5 Å². The van der Waals surface area contributed by atoms with Gasteiger partial charge >= 0.3 is 0 Å². The van der Waals surface area contributed by atoms with Gasteiger partial charge in [-0.15, -0.1) is 0 Å². The van der Waals surface area contributed by atoms with Crippen molar-refractivity contribution in [2.24, 2.45) is 0 Å². The molecule has 0 unspecified atom stereocenters. The van der Waals surface area contributed by atoms with Gasteiger partial charge in [-0.25, -0.2) is 4.68 Å². The van der Waals surface area contributed by atoms with Crippen LogP contribution in [0, 0.1) is 6.92 Å². The number of ether oxygens (including phenoxy) is 1. The molecule has 2 saturated heterocycles. The lowest BCUT2D eigenvalue weighted by molar-refractivity contribution is 0.0684. The van der Waals surface area contributed by atoms with Gasteiger partial charge in [-0.1, -0.05) is 41.9 Å². The number of morpholine rings is 1. The van der Waals surface area contributed by atoms with Gasteiger partial charge in [0, 0.05) is 51.4 Å². The largest absolute Gasteiger partial charge is 0.379 e. The Morgan fingerprint density at radius 2 is 1.60 bits per heavy atom. The molecule has 0 saturated carbocycles. The SMILES string of the molecule is Cc1nn(Cc2ccccc2)c(Cl)c1CN1CCN(S(=O)(=O)N2CCOCC2)CC1. The highest BCUT2D eigenvalue weighted by atomic mass is 35.5. The van der Waals surface area contributed by atoms with Crippen molar-refractivity contribution >= 4 is 21.8 Å². The van der Waals surface area contributed by atoms with E-state index >= 15 is 0 Å². The van der Waals surface area contributed by atoms with Crippen molar-refractivity contribution in [3.8, 4) is 0 Å². The van der Waals surface area contributed by atoms with Crippen molar-refractivity contribution in [2.45, 2.75) is 20.0 Å². The summed E-state index contributed by atoms with van der Waals surface area (Å²) in [6.45, 7) is 7.36. The number of hydrogen-bond acceptors (Lipinski definition) is 5. The highest BCUT2D eigenvalue weighted by molar-refractivity contribution is 7.86. The molecule has 2 aliphatic rings. The van der Waals surface area contributed by atoms with Gasteiger partial charge in [-0.2, -0.15) is 22.1 Å². The first kappa shape index (κ1) is 21.7. The monoisotopic (exact) mass is 453 g/mol. The molecule has 2 aromatic rings. The summed E-state index contributed by atoms with van der Waals surface area (Å²) in [5, 5.41) is 5.27. The number of benzene rings is 1. The standard InChI is InChI=1S/C20H28ClN5O3S/c1-17-19(20(21)26(22-17)15-18-5-3-2-4-6-18)16-23-7-9-24(10-8-23)30(27,28)25-11-13-29-14-12-25/h2-6H,7-16H2,1H3. The maximum Gasteiger partial charge on any atom is 0.282 e. The van der Waals surface area contributed by atoms with Crippen LogP contribution in [0.15, 0.2) is 30.3 Å². The minimum atomic E-state index is -3.41. The van der Waals surface area contributed by atoms with Crippen LogP contribution < -0.4 is 0 Å². The third-order valence-electron chi connectivity index (χ3n) is 5.69. The van der Waals surface area contributed by atoms with Gasteiger partial charge in [0.1, 0.15) is 5.15 Å². The number of halogens is 1. The third kappa shape index (κ3) is 4.71. The lowest BCUT2D eigenvalue weighted by Crippen LogP contribution is -2.54. The van der Waals surface area contributed by atoms with Crippen LogP contribution in [0.1, 0.15) is 16.8 Å². The number of aryl methyl sites for hydroxylation is 1. The maximum atomic E-state index is 12.8. The van der Waals surface area contributed by atoms with Crippen LogP contribution in [0.3, 0.4) is 0 Å².